The molecule has 0 spiro atoms. The third-order valence-electron chi connectivity index (χ3n) is 2.02. The van der Waals surface area contributed by atoms with Gasteiger partial charge in [0.25, 0.3) is 6.08 Å². The Labute approximate surface area is 73.5 Å². The van der Waals surface area contributed by atoms with Crippen LogP contribution in [-0.4, -0.2) is 12.0 Å². The summed E-state index contributed by atoms with van der Waals surface area (Å²) in [5.41, 5.74) is 3.41. The standard InChI is InChI=1S/C8H9F2NO2/c9-7(10)5-2-1-4(8(12)13)3-6(5)11/h3,6H,1-2,11H2,(H,12,13)/t6-/m0/s1. The first kappa shape index (κ1) is 9.85. The number of carbonyl (C=O) groups excluding carboxylic acids is 1. The molecule has 0 saturated heterocycles. The minimum Gasteiger partial charge on any atom is -0.545 e. The molecule has 13 heavy (non-hydrogen) atoms. The van der Waals surface area contributed by atoms with Crippen molar-refractivity contribution >= 4 is 5.97 Å². The molecule has 0 amide bonds. The zero-order valence-electron chi connectivity index (χ0n) is 6.85. The summed E-state index contributed by atoms with van der Waals surface area (Å²) < 4.78 is 24.3. The molecule has 0 aromatic heterocycles. The summed E-state index contributed by atoms with van der Waals surface area (Å²) in [4.78, 5) is 10.4. The number of hydrogen-bond donors (Lipinski definition) is 1. The van der Waals surface area contributed by atoms with Crippen molar-refractivity contribution in [2.75, 3.05) is 0 Å². The number of carboxylic acids is 1. The lowest BCUT2D eigenvalue weighted by molar-refractivity contribution is -0.392. The van der Waals surface area contributed by atoms with Crippen molar-refractivity contribution in [1.82, 2.24) is 0 Å². The Bertz CT molecular complexity index is 293. The van der Waals surface area contributed by atoms with Crippen LogP contribution >= 0.6 is 0 Å². The Hall–Kier alpha value is -1.23. The van der Waals surface area contributed by atoms with Crippen molar-refractivity contribution in [2.45, 2.75) is 18.9 Å². The molecule has 0 aromatic rings. The number of rotatable bonds is 1. The smallest absolute Gasteiger partial charge is 0.275 e. The van der Waals surface area contributed by atoms with Crippen molar-refractivity contribution < 1.29 is 24.4 Å². The van der Waals surface area contributed by atoms with Gasteiger partial charge in [-0.05, 0) is 24.5 Å². The summed E-state index contributed by atoms with van der Waals surface area (Å²) in [6.45, 7) is 0. The van der Waals surface area contributed by atoms with E-state index in [1.165, 1.54) is 6.08 Å². The van der Waals surface area contributed by atoms with E-state index in [4.69, 9.17) is 0 Å². The summed E-state index contributed by atoms with van der Waals surface area (Å²) in [7, 11) is 0. The van der Waals surface area contributed by atoms with Crippen LogP contribution in [0.2, 0.25) is 0 Å². The molecule has 0 heterocycles. The van der Waals surface area contributed by atoms with E-state index in [1.54, 1.807) is 0 Å². The van der Waals surface area contributed by atoms with Crippen molar-refractivity contribution in [2.24, 2.45) is 0 Å². The van der Waals surface area contributed by atoms with Crippen LogP contribution in [0.3, 0.4) is 0 Å². The van der Waals surface area contributed by atoms with E-state index < -0.39 is 18.1 Å². The molecular weight excluding hydrogens is 180 g/mol. The highest BCUT2D eigenvalue weighted by molar-refractivity contribution is 5.85. The highest BCUT2D eigenvalue weighted by Crippen LogP contribution is 2.24. The van der Waals surface area contributed by atoms with Crippen molar-refractivity contribution in [3.63, 3.8) is 0 Å². The normalized spacial score (nSPS) is 22.5. The first-order chi connectivity index (χ1) is 6.02. The molecule has 0 aromatic carbocycles. The third kappa shape index (κ3) is 2.12. The Morgan fingerprint density at radius 3 is 2.54 bits per heavy atom. The Morgan fingerprint density at radius 2 is 2.15 bits per heavy atom. The largest absolute Gasteiger partial charge is 0.545 e. The molecule has 72 valence electrons. The lowest BCUT2D eigenvalue weighted by Crippen LogP contribution is -2.61. The summed E-state index contributed by atoms with van der Waals surface area (Å²) in [5.74, 6) is -1.30. The van der Waals surface area contributed by atoms with E-state index in [-0.39, 0.29) is 24.0 Å². The lowest BCUT2D eigenvalue weighted by atomic mass is 9.92. The average molecular weight is 189 g/mol. The molecule has 1 aliphatic carbocycles. The van der Waals surface area contributed by atoms with Crippen molar-refractivity contribution in [1.29, 1.82) is 0 Å². The van der Waals surface area contributed by atoms with Gasteiger partial charge < -0.3 is 15.6 Å². The highest BCUT2D eigenvalue weighted by atomic mass is 19.3. The number of carbonyl (C=O) groups is 1. The molecule has 1 atom stereocenters. The molecule has 0 bridgehead atoms. The van der Waals surface area contributed by atoms with Gasteiger partial charge in [-0.25, -0.2) is 0 Å². The number of hydrogen-bond acceptors (Lipinski definition) is 2. The van der Waals surface area contributed by atoms with Crippen molar-refractivity contribution in [3.05, 3.63) is 23.3 Å². The second kappa shape index (κ2) is 3.66. The van der Waals surface area contributed by atoms with Gasteiger partial charge in [0.05, 0.1) is 11.5 Å². The minimum absolute atomic E-state index is 0.0519. The van der Waals surface area contributed by atoms with Crippen LogP contribution in [0.15, 0.2) is 23.3 Å². The zero-order valence-corrected chi connectivity index (χ0v) is 6.85. The Morgan fingerprint density at radius 1 is 1.54 bits per heavy atom. The van der Waals surface area contributed by atoms with Crippen LogP contribution < -0.4 is 10.8 Å². The predicted molar refractivity (Wildman–Crippen MR) is 38.2 cm³/mol. The molecule has 0 saturated carbocycles. The van der Waals surface area contributed by atoms with Crippen LogP contribution in [-0.2, 0) is 4.79 Å². The van der Waals surface area contributed by atoms with Gasteiger partial charge in [0.15, 0.2) is 0 Å². The highest BCUT2D eigenvalue weighted by Gasteiger charge is 2.22. The third-order valence-corrected chi connectivity index (χ3v) is 2.02. The van der Waals surface area contributed by atoms with Crippen LogP contribution in [0.4, 0.5) is 8.78 Å². The fourth-order valence-electron chi connectivity index (χ4n) is 1.29. The van der Waals surface area contributed by atoms with Gasteiger partial charge in [-0.15, -0.1) is 0 Å². The first-order valence-electron chi connectivity index (χ1n) is 3.81. The van der Waals surface area contributed by atoms with E-state index in [2.05, 4.69) is 5.73 Å². The number of aliphatic carboxylic acids is 1. The molecule has 1 rings (SSSR count). The SMILES string of the molecule is [NH3+][C@H]1C=C(C(=O)[O-])CCC1=C(F)F. The van der Waals surface area contributed by atoms with Gasteiger partial charge in [0.1, 0.15) is 6.04 Å². The maximum Gasteiger partial charge on any atom is 0.275 e. The minimum atomic E-state index is -1.76. The van der Waals surface area contributed by atoms with Gasteiger partial charge >= 0.3 is 0 Å². The van der Waals surface area contributed by atoms with Gasteiger partial charge in [0, 0.05) is 0 Å². The summed E-state index contributed by atoms with van der Waals surface area (Å²) in [5, 5.41) is 10.4. The van der Waals surface area contributed by atoms with E-state index in [0.717, 1.165) is 0 Å². The van der Waals surface area contributed by atoms with Crippen LogP contribution in [0.1, 0.15) is 12.8 Å². The number of carboxylic acid groups (broad SMARTS) is 1. The molecule has 0 radical (unpaired) electrons. The average Bonchev–Trinajstić information content (AvgIpc) is 2.03. The molecule has 5 heteroatoms. The van der Waals surface area contributed by atoms with E-state index >= 15 is 0 Å². The summed E-state index contributed by atoms with van der Waals surface area (Å²) >= 11 is 0. The van der Waals surface area contributed by atoms with Crippen LogP contribution in [0, 0.1) is 0 Å². The fraction of sp³-hybridized carbons (Fsp3) is 0.375. The second-order valence-electron chi connectivity index (χ2n) is 2.87. The van der Waals surface area contributed by atoms with Gasteiger partial charge in [-0.3, -0.25) is 0 Å². The maximum absolute atomic E-state index is 12.1. The molecule has 3 nitrogen and oxygen atoms in total. The summed E-state index contributed by atoms with van der Waals surface area (Å²) in [6.07, 6.45) is -0.390. The molecule has 0 fully saturated rings. The second-order valence-corrected chi connectivity index (χ2v) is 2.87. The van der Waals surface area contributed by atoms with Gasteiger partial charge in [0.2, 0.25) is 0 Å². The lowest BCUT2D eigenvalue weighted by Gasteiger charge is -2.18. The van der Waals surface area contributed by atoms with Crippen LogP contribution in [0.5, 0.6) is 0 Å². The van der Waals surface area contributed by atoms with E-state index in [0.29, 0.717) is 0 Å². The molecule has 3 N–H and O–H groups in total. The monoisotopic (exact) mass is 189 g/mol. The van der Waals surface area contributed by atoms with Gasteiger partial charge in [-0.2, -0.15) is 8.78 Å². The fourth-order valence-corrected chi connectivity index (χ4v) is 1.29. The van der Waals surface area contributed by atoms with Crippen LogP contribution in [0.25, 0.3) is 0 Å². The van der Waals surface area contributed by atoms with E-state index in [1.807, 2.05) is 0 Å². The first-order valence-corrected chi connectivity index (χ1v) is 3.81. The topological polar surface area (TPSA) is 67.8 Å². The zero-order chi connectivity index (χ0) is 10.0. The van der Waals surface area contributed by atoms with Gasteiger partial charge in [-0.1, -0.05) is 0 Å². The Balaban J connectivity index is 2.90. The molecule has 0 unspecified atom stereocenters. The quantitative estimate of drug-likeness (QED) is 0.587. The van der Waals surface area contributed by atoms with Crippen molar-refractivity contribution in [3.8, 4) is 0 Å². The molecule has 0 aliphatic heterocycles. The number of quaternary nitrogens is 1. The maximum atomic E-state index is 12.1. The molecular formula is C8H9F2NO2. The summed E-state index contributed by atoms with van der Waals surface area (Å²) in [6, 6.07) is -0.744. The number of halogens is 2. The van der Waals surface area contributed by atoms with E-state index in [9.17, 15) is 18.7 Å². The Kier molecular flexibility index (Phi) is 2.77. The molecule has 1 aliphatic rings. The predicted octanol–water partition coefficient (Wildman–Crippen LogP) is -0.782.